The van der Waals surface area contributed by atoms with Gasteiger partial charge in [0.25, 0.3) is 0 Å². The van der Waals surface area contributed by atoms with Gasteiger partial charge in [0.1, 0.15) is 17.7 Å². The van der Waals surface area contributed by atoms with Crippen molar-refractivity contribution in [1.29, 1.82) is 0 Å². The van der Waals surface area contributed by atoms with Crippen LogP contribution in [0.3, 0.4) is 0 Å². The van der Waals surface area contributed by atoms with Gasteiger partial charge in [-0.05, 0) is 57.9 Å². The maximum absolute atomic E-state index is 13.2. The van der Waals surface area contributed by atoms with Crippen molar-refractivity contribution >= 4 is 23.3 Å². The number of ether oxygens (including phenoxy) is 1. The molecule has 5 heteroatoms. The Labute approximate surface area is 174 Å². The smallest absolute Gasteiger partial charge is 0.329 e. The van der Waals surface area contributed by atoms with Gasteiger partial charge in [0.2, 0.25) is 5.91 Å². The summed E-state index contributed by atoms with van der Waals surface area (Å²) in [4.78, 5) is 27.7. The van der Waals surface area contributed by atoms with E-state index in [9.17, 15) is 9.59 Å². The van der Waals surface area contributed by atoms with Crippen LogP contribution in [0.15, 0.2) is 60.7 Å². The summed E-state index contributed by atoms with van der Waals surface area (Å²) in [6, 6.07) is 18.2. The molecule has 0 saturated heterocycles. The fourth-order valence-electron chi connectivity index (χ4n) is 3.03. The molecule has 29 heavy (non-hydrogen) atoms. The molecule has 1 N–H and O–H groups in total. The zero-order valence-electron chi connectivity index (χ0n) is 18.2. The second-order valence-electron chi connectivity index (χ2n) is 8.48. The standard InChI is InChI=1S/C24H32N2O3/c1-17(2)21(23(28)29-24(4,5)6)25-22(27)18(3)26(19-13-9-7-10-14-19)20-15-11-8-12-16-20/h7-18,21H,1-6H3,(H,25,27)/t18-,21+/m0/s1/i3-1. The van der Waals surface area contributed by atoms with Crippen LogP contribution in [0.2, 0.25) is 0 Å². The molecule has 0 aliphatic heterocycles. The summed E-state index contributed by atoms with van der Waals surface area (Å²) in [6.07, 6.45) is 0. The zero-order valence-corrected chi connectivity index (χ0v) is 18.2. The SMILES string of the molecule is CC(C)[C@@H](NC(=O)[C@H]([11CH3])N(c1ccccc1)c1ccccc1)C(=O)OC(C)(C)C. The summed E-state index contributed by atoms with van der Waals surface area (Å²) < 4.78 is 5.50. The topological polar surface area (TPSA) is 58.6 Å². The Kier molecular flexibility index (Phi) is 7.43. The van der Waals surface area contributed by atoms with Gasteiger partial charge in [-0.15, -0.1) is 0 Å². The minimum Gasteiger partial charge on any atom is -0.458 e. The predicted molar refractivity (Wildman–Crippen MR) is 117 cm³/mol. The molecule has 0 spiro atoms. The highest BCUT2D eigenvalue weighted by Crippen LogP contribution is 2.27. The van der Waals surface area contributed by atoms with Crippen LogP contribution in [0.25, 0.3) is 0 Å². The number of rotatable bonds is 7. The van der Waals surface area contributed by atoms with Crippen LogP contribution in [-0.2, 0) is 14.3 Å². The van der Waals surface area contributed by atoms with Crippen molar-refractivity contribution in [2.45, 2.75) is 59.2 Å². The van der Waals surface area contributed by atoms with Gasteiger partial charge in [-0.1, -0.05) is 50.2 Å². The lowest BCUT2D eigenvalue weighted by atomic mass is 9.97. The molecule has 0 radical (unpaired) electrons. The van der Waals surface area contributed by atoms with E-state index < -0.39 is 23.7 Å². The first-order valence-corrected chi connectivity index (χ1v) is 10.0. The van der Waals surface area contributed by atoms with Gasteiger partial charge in [0.15, 0.2) is 0 Å². The van der Waals surface area contributed by atoms with E-state index in [0.717, 1.165) is 11.4 Å². The summed E-state index contributed by atoms with van der Waals surface area (Å²) in [5.41, 5.74) is 1.19. The molecular weight excluding hydrogens is 363 g/mol. The third-order valence-corrected chi connectivity index (χ3v) is 4.46. The predicted octanol–water partition coefficient (Wildman–Crippen LogP) is 4.70. The molecule has 1 amide bonds. The number of nitrogens with one attached hydrogen (secondary N) is 1. The first-order valence-electron chi connectivity index (χ1n) is 10.0. The number of carbonyl (C=O) groups excluding carboxylic acids is 2. The molecule has 2 rings (SSSR count). The van der Waals surface area contributed by atoms with Crippen molar-refractivity contribution < 1.29 is 14.3 Å². The number of hydrogen-bond acceptors (Lipinski definition) is 4. The fourth-order valence-corrected chi connectivity index (χ4v) is 3.03. The third-order valence-electron chi connectivity index (χ3n) is 4.46. The molecule has 0 fully saturated rings. The number of amides is 1. The maximum Gasteiger partial charge on any atom is 0.329 e. The molecule has 0 bridgehead atoms. The number of benzene rings is 2. The van der Waals surface area contributed by atoms with Gasteiger partial charge in [0, 0.05) is 11.4 Å². The van der Waals surface area contributed by atoms with Crippen molar-refractivity contribution in [1.82, 2.24) is 5.32 Å². The molecule has 0 saturated carbocycles. The number of carbonyl (C=O) groups is 2. The van der Waals surface area contributed by atoms with Gasteiger partial charge in [0.05, 0.1) is 0 Å². The quantitative estimate of drug-likeness (QED) is 0.691. The summed E-state index contributed by atoms with van der Waals surface area (Å²) in [7, 11) is 0. The van der Waals surface area contributed by atoms with Crippen LogP contribution in [0.1, 0.15) is 41.5 Å². The lowest BCUT2D eigenvalue weighted by Gasteiger charge is -2.33. The molecule has 2 aromatic carbocycles. The van der Waals surface area contributed by atoms with Crippen molar-refractivity contribution in [3.8, 4) is 0 Å². The Hall–Kier alpha value is -2.82. The fraction of sp³-hybridized carbons (Fsp3) is 0.417. The Morgan fingerprint density at radius 3 is 1.69 bits per heavy atom. The van der Waals surface area contributed by atoms with E-state index in [-0.39, 0.29) is 11.8 Å². The molecule has 156 valence electrons. The van der Waals surface area contributed by atoms with Crippen LogP contribution in [0.5, 0.6) is 0 Å². The third kappa shape index (κ3) is 6.34. The number of hydrogen-bond donors (Lipinski definition) is 1. The van der Waals surface area contributed by atoms with Crippen molar-refractivity contribution in [2.75, 3.05) is 4.90 Å². The van der Waals surface area contributed by atoms with E-state index in [1.54, 1.807) is 0 Å². The van der Waals surface area contributed by atoms with E-state index in [0.29, 0.717) is 0 Å². The number of esters is 1. The van der Waals surface area contributed by atoms with Gasteiger partial charge in [-0.2, -0.15) is 0 Å². The molecule has 5 nitrogen and oxygen atoms in total. The normalized spacial score (nSPS) is 13.5. The van der Waals surface area contributed by atoms with Gasteiger partial charge >= 0.3 is 5.97 Å². The molecular formula is C24H32N2O3. The van der Waals surface area contributed by atoms with E-state index in [1.165, 1.54) is 0 Å². The molecule has 0 unspecified atom stereocenters. The monoisotopic (exact) mass is 395 g/mol. The van der Waals surface area contributed by atoms with Crippen LogP contribution >= 0.6 is 0 Å². The second kappa shape index (κ2) is 9.59. The number of nitrogens with zero attached hydrogens (tertiary/aromatic N) is 1. The lowest BCUT2D eigenvalue weighted by molar-refractivity contribution is -0.160. The second-order valence-corrected chi connectivity index (χ2v) is 8.48. The largest absolute Gasteiger partial charge is 0.458 e. The van der Waals surface area contributed by atoms with Crippen LogP contribution < -0.4 is 10.2 Å². The Morgan fingerprint density at radius 1 is 0.862 bits per heavy atom. The Balaban J connectivity index is 2.27. The molecule has 0 heterocycles. The van der Waals surface area contributed by atoms with Crippen molar-refractivity contribution in [2.24, 2.45) is 5.92 Å². The lowest BCUT2D eigenvalue weighted by Crippen LogP contribution is -2.52. The number of anilines is 2. The molecule has 0 aliphatic carbocycles. The molecule has 2 atom stereocenters. The minimum atomic E-state index is -0.711. The molecule has 0 aromatic heterocycles. The van der Waals surface area contributed by atoms with Crippen molar-refractivity contribution in [3.63, 3.8) is 0 Å². The highest BCUT2D eigenvalue weighted by atomic mass is 16.6. The van der Waals surface area contributed by atoms with Gasteiger partial charge < -0.3 is 15.0 Å². The first kappa shape index (κ1) is 22.5. The summed E-state index contributed by atoms with van der Waals surface area (Å²) >= 11 is 0. The summed E-state index contributed by atoms with van der Waals surface area (Å²) in [6.45, 7) is 11.1. The van der Waals surface area contributed by atoms with Gasteiger partial charge in [-0.25, -0.2) is 4.79 Å². The van der Waals surface area contributed by atoms with E-state index in [2.05, 4.69) is 5.32 Å². The maximum atomic E-state index is 13.2. The number of para-hydroxylation sites is 2. The summed E-state index contributed by atoms with van der Waals surface area (Å²) in [5.74, 6) is -0.746. The van der Waals surface area contributed by atoms with Crippen LogP contribution in [0, 0.1) is 5.92 Å². The zero-order chi connectivity index (χ0) is 21.6. The van der Waals surface area contributed by atoms with E-state index in [4.69, 9.17) is 4.74 Å². The minimum absolute atomic E-state index is 0.0945. The Bertz CT molecular complexity index is 758. The average molecular weight is 396 g/mol. The highest BCUT2D eigenvalue weighted by molar-refractivity contribution is 5.91. The van der Waals surface area contributed by atoms with E-state index >= 15 is 0 Å². The van der Waals surface area contributed by atoms with Crippen LogP contribution in [0.4, 0.5) is 11.4 Å². The average Bonchev–Trinajstić information content (AvgIpc) is 2.66. The van der Waals surface area contributed by atoms with E-state index in [1.807, 2.05) is 107 Å². The highest BCUT2D eigenvalue weighted by Gasteiger charge is 2.32. The molecule has 2 aromatic rings. The first-order chi connectivity index (χ1) is 13.6. The van der Waals surface area contributed by atoms with Crippen LogP contribution in [-0.4, -0.2) is 29.6 Å². The van der Waals surface area contributed by atoms with Crippen molar-refractivity contribution in [3.05, 3.63) is 60.7 Å². The van der Waals surface area contributed by atoms with Gasteiger partial charge in [-0.3, -0.25) is 4.79 Å². The summed E-state index contributed by atoms with van der Waals surface area (Å²) in [5, 5.41) is 2.90. The molecule has 0 aliphatic rings. The Morgan fingerprint density at radius 2 is 1.31 bits per heavy atom.